The van der Waals surface area contributed by atoms with Crippen LogP contribution in [0.4, 0.5) is 0 Å². The number of amides is 1. The highest BCUT2D eigenvalue weighted by atomic mass is 32.2. The van der Waals surface area contributed by atoms with E-state index in [1.807, 2.05) is 24.1 Å². The van der Waals surface area contributed by atoms with E-state index in [1.165, 1.54) is 31.4 Å². The molecule has 0 radical (unpaired) electrons. The summed E-state index contributed by atoms with van der Waals surface area (Å²) in [6.07, 6.45) is 3.79. The summed E-state index contributed by atoms with van der Waals surface area (Å²) in [5.41, 5.74) is 2.42. The average Bonchev–Trinajstić information content (AvgIpc) is 2.65. The number of rotatable bonds is 6. The smallest absolute Gasteiger partial charge is 0.265 e. The molecule has 0 aliphatic carbocycles. The topological polar surface area (TPSA) is 95.9 Å². The van der Waals surface area contributed by atoms with Crippen molar-refractivity contribution in [1.29, 1.82) is 0 Å². The third-order valence-electron chi connectivity index (χ3n) is 4.58. The van der Waals surface area contributed by atoms with E-state index in [0.717, 1.165) is 5.57 Å². The van der Waals surface area contributed by atoms with Crippen LogP contribution in [0.1, 0.15) is 19.8 Å². The number of carbonyl (C=O) groups is 1. The molecule has 0 aromatic heterocycles. The van der Waals surface area contributed by atoms with Gasteiger partial charge >= 0.3 is 0 Å². The molecule has 0 spiro atoms. The summed E-state index contributed by atoms with van der Waals surface area (Å²) in [5.74, 6) is -0.388. The number of nitrogens with zero attached hydrogens (tertiary/aromatic N) is 1. The molecule has 26 heavy (non-hydrogen) atoms. The Balaban J connectivity index is 2.35. The number of nitrogens with one attached hydrogen (secondary N) is 1. The largest absolute Gasteiger partial charge is 0.497 e. The van der Waals surface area contributed by atoms with Gasteiger partial charge in [-0.15, -0.1) is 0 Å². The van der Waals surface area contributed by atoms with Gasteiger partial charge in [0, 0.05) is 13.1 Å². The standard InChI is InChI=1S/C18H24N2O5S/c1-14(2)8-11-20-12-9-18(10-13-20,17(21)19-22)26(23,24)16-6-4-15(25-3)5-7-16/h4-8,11,22H,1,9-10,12-13H2,2-3H3,(H,19,21)/b11-8+. The van der Waals surface area contributed by atoms with Crippen LogP contribution in [-0.4, -0.2) is 49.4 Å². The molecule has 1 aliphatic heterocycles. The molecule has 1 aromatic carbocycles. The molecule has 2 N–H and O–H groups in total. The van der Waals surface area contributed by atoms with Crippen LogP contribution in [0, 0.1) is 0 Å². The number of carbonyl (C=O) groups excluding carboxylic acids is 1. The Hall–Kier alpha value is -2.32. The SMILES string of the molecule is C=C(C)/C=C/N1CCC(C(=O)NO)(S(=O)(=O)c2ccc(OC)cc2)CC1. The zero-order valence-electron chi connectivity index (χ0n) is 14.9. The van der Waals surface area contributed by atoms with E-state index >= 15 is 0 Å². The highest BCUT2D eigenvalue weighted by molar-refractivity contribution is 7.93. The molecule has 1 aromatic rings. The lowest BCUT2D eigenvalue weighted by molar-refractivity contribution is -0.133. The zero-order valence-corrected chi connectivity index (χ0v) is 15.8. The minimum absolute atomic E-state index is 0.0211. The van der Waals surface area contributed by atoms with Gasteiger partial charge in [0.15, 0.2) is 14.6 Å². The molecule has 0 unspecified atom stereocenters. The van der Waals surface area contributed by atoms with Crippen molar-refractivity contribution in [3.8, 4) is 5.75 Å². The Kier molecular flexibility index (Phi) is 6.09. The molecule has 1 aliphatic rings. The van der Waals surface area contributed by atoms with Gasteiger partial charge < -0.3 is 9.64 Å². The number of hydroxylamine groups is 1. The van der Waals surface area contributed by atoms with Crippen LogP contribution in [0.5, 0.6) is 5.75 Å². The van der Waals surface area contributed by atoms with Crippen LogP contribution in [0.15, 0.2) is 53.6 Å². The fourth-order valence-corrected chi connectivity index (χ4v) is 4.92. The Labute approximate surface area is 153 Å². The normalized spacial score (nSPS) is 17.1. The number of ether oxygens (including phenoxy) is 1. The van der Waals surface area contributed by atoms with Gasteiger partial charge in [-0.3, -0.25) is 10.0 Å². The van der Waals surface area contributed by atoms with Gasteiger partial charge in [-0.1, -0.05) is 12.2 Å². The minimum atomic E-state index is -4.01. The molecule has 2 rings (SSSR count). The maximum absolute atomic E-state index is 13.2. The second kappa shape index (κ2) is 7.92. The van der Waals surface area contributed by atoms with E-state index in [-0.39, 0.29) is 17.7 Å². The van der Waals surface area contributed by atoms with Gasteiger partial charge in [0.05, 0.1) is 12.0 Å². The van der Waals surface area contributed by atoms with Crippen LogP contribution in [0.25, 0.3) is 0 Å². The lowest BCUT2D eigenvalue weighted by Gasteiger charge is -2.39. The molecule has 8 heteroatoms. The van der Waals surface area contributed by atoms with Gasteiger partial charge in [-0.2, -0.15) is 0 Å². The van der Waals surface area contributed by atoms with Crippen LogP contribution >= 0.6 is 0 Å². The summed E-state index contributed by atoms with van der Waals surface area (Å²) in [7, 11) is -2.53. The molecule has 1 fully saturated rings. The third kappa shape index (κ3) is 3.76. The quantitative estimate of drug-likeness (QED) is 0.445. The van der Waals surface area contributed by atoms with E-state index in [1.54, 1.807) is 5.48 Å². The molecule has 1 heterocycles. The number of methoxy groups -OCH3 is 1. The molecule has 142 valence electrons. The monoisotopic (exact) mass is 380 g/mol. The van der Waals surface area contributed by atoms with E-state index in [9.17, 15) is 13.2 Å². The number of benzene rings is 1. The van der Waals surface area contributed by atoms with Crippen molar-refractivity contribution in [1.82, 2.24) is 10.4 Å². The molecule has 1 amide bonds. The minimum Gasteiger partial charge on any atom is -0.497 e. The van der Waals surface area contributed by atoms with Crippen molar-refractivity contribution in [2.75, 3.05) is 20.2 Å². The van der Waals surface area contributed by atoms with Crippen LogP contribution in [0.2, 0.25) is 0 Å². The lowest BCUT2D eigenvalue weighted by Crippen LogP contribution is -2.57. The summed E-state index contributed by atoms with van der Waals surface area (Å²) < 4.78 is 29.8. The summed E-state index contributed by atoms with van der Waals surface area (Å²) in [4.78, 5) is 14.3. The maximum atomic E-state index is 13.2. The number of sulfone groups is 1. The molecular weight excluding hydrogens is 356 g/mol. The Morgan fingerprint density at radius 3 is 2.35 bits per heavy atom. The number of piperidine rings is 1. The van der Waals surface area contributed by atoms with E-state index in [4.69, 9.17) is 9.94 Å². The second-order valence-electron chi connectivity index (χ2n) is 6.31. The summed E-state index contributed by atoms with van der Waals surface area (Å²) in [6.45, 7) is 6.38. The molecule has 0 atom stereocenters. The van der Waals surface area contributed by atoms with Gasteiger partial charge in [0.2, 0.25) is 0 Å². The molecule has 7 nitrogen and oxygen atoms in total. The van der Waals surface area contributed by atoms with Crippen LogP contribution in [0.3, 0.4) is 0 Å². The lowest BCUT2D eigenvalue weighted by atomic mass is 9.95. The number of hydrogen-bond acceptors (Lipinski definition) is 6. The molecular formula is C18H24N2O5S. The van der Waals surface area contributed by atoms with Crippen LogP contribution < -0.4 is 10.2 Å². The Bertz CT molecular complexity index is 791. The Morgan fingerprint density at radius 2 is 1.88 bits per heavy atom. The average molecular weight is 380 g/mol. The molecule has 1 saturated heterocycles. The van der Waals surface area contributed by atoms with Crippen molar-refractivity contribution >= 4 is 15.7 Å². The first kappa shape index (κ1) is 20.0. The first-order chi connectivity index (χ1) is 12.3. The predicted octanol–water partition coefficient (Wildman–Crippen LogP) is 1.90. The highest BCUT2D eigenvalue weighted by Crippen LogP contribution is 2.36. The van der Waals surface area contributed by atoms with Crippen molar-refractivity contribution in [3.63, 3.8) is 0 Å². The first-order valence-electron chi connectivity index (χ1n) is 8.18. The predicted molar refractivity (Wildman–Crippen MR) is 97.6 cm³/mol. The van der Waals surface area contributed by atoms with E-state index < -0.39 is 20.5 Å². The van der Waals surface area contributed by atoms with E-state index in [2.05, 4.69) is 6.58 Å². The number of hydrogen-bond donors (Lipinski definition) is 2. The number of likely N-dealkylation sites (tertiary alicyclic amines) is 1. The summed E-state index contributed by atoms with van der Waals surface area (Å²) >= 11 is 0. The Morgan fingerprint density at radius 1 is 1.31 bits per heavy atom. The van der Waals surface area contributed by atoms with Crippen molar-refractivity contribution in [2.45, 2.75) is 29.4 Å². The fraction of sp³-hybridized carbons (Fsp3) is 0.389. The van der Waals surface area contributed by atoms with Gasteiger partial charge in [0.1, 0.15) is 5.75 Å². The van der Waals surface area contributed by atoms with Crippen LogP contribution in [-0.2, 0) is 14.6 Å². The van der Waals surface area contributed by atoms with Crippen molar-refractivity contribution in [3.05, 3.63) is 48.7 Å². The number of allylic oxidation sites excluding steroid dienone is 2. The molecule has 0 bridgehead atoms. The van der Waals surface area contributed by atoms with Crippen molar-refractivity contribution < 1.29 is 23.2 Å². The van der Waals surface area contributed by atoms with Gasteiger partial charge in [0.25, 0.3) is 5.91 Å². The first-order valence-corrected chi connectivity index (χ1v) is 9.66. The van der Waals surface area contributed by atoms with Crippen molar-refractivity contribution in [2.24, 2.45) is 0 Å². The van der Waals surface area contributed by atoms with Gasteiger partial charge in [-0.05, 0) is 56.3 Å². The summed E-state index contributed by atoms with van der Waals surface area (Å²) in [5, 5.41) is 9.16. The summed E-state index contributed by atoms with van der Waals surface area (Å²) in [6, 6.07) is 5.88. The molecule has 0 saturated carbocycles. The van der Waals surface area contributed by atoms with Gasteiger partial charge in [-0.25, -0.2) is 13.9 Å². The van der Waals surface area contributed by atoms with E-state index in [0.29, 0.717) is 18.8 Å². The second-order valence-corrected chi connectivity index (χ2v) is 8.57. The highest BCUT2D eigenvalue weighted by Gasteiger charge is 2.52. The maximum Gasteiger partial charge on any atom is 0.265 e. The third-order valence-corrected chi connectivity index (χ3v) is 7.09. The zero-order chi connectivity index (χ0) is 19.4. The fourth-order valence-electron chi connectivity index (χ4n) is 2.97.